The van der Waals surface area contributed by atoms with E-state index in [1.165, 1.54) is 18.4 Å². The summed E-state index contributed by atoms with van der Waals surface area (Å²) in [6.45, 7) is 3.54. The van der Waals surface area contributed by atoms with Gasteiger partial charge in [0.1, 0.15) is 5.58 Å². The van der Waals surface area contributed by atoms with Gasteiger partial charge >= 0.3 is 5.63 Å². The fourth-order valence-electron chi connectivity index (χ4n) is 3.67. The Morgan fingerprint density at radius 2 is 1.69 bits per heavy atom. The van der Waals surface area contributed by atoms with Crippen LogP contribution in [0, 0.1) is 0 Å². The molecule has 4 rings (SSSR count). The van der Waals surface area contributed by atoms with E-state index in [9.17, 15) is 4.79 Å². The maximum atomic E-state index is 12.6. The third-order valence-electron chi connectivity index (χ3n) is 5.05. The lowest BCUT2D eigenvalue weighted by molar-refractivity contribution is 0.326. The molecule has 0 unspecified atom stereocenters. The van der Waals surface area contributed by atoms with Gasteiger partial charge in [0.25, 0.3) is 0 Å². The van der Waals surface area contributed by atoms with Gasteiger partial charge in [-0.25, -0.2) is 4.79 Å². The highest BCUT2D eigenvalue weighted by molar-refractivity contribution is 5.91. The summed E-state index contributed by atoms with van der Waals surface area (Å²) >= 11 is 0. The third kappa shape index (κ3) is 3.65. The first kappa shape index (κ1) is 16.9. The van der Waals surface area contributed by atoms with Gasteiger partial charge in [-0.05, 0) is 50.0 Å². The molecule has 0 bridgehead atoms. The zero-order valence-corrected chi connectivity index (χ0v) is 14.9. The summed E-state index contributed by atoms with van der Waals surface area (Å²) in [5.74, 6) is 0. The molecule has 1 aromatic heterocycles. The molecule has 4 nitrogen and oxygen atoms in total. The van der Waals surface area contributed by atoms with Crippen LogP contribution in [0.25, 0.3) is 11.0 Å². The maximum absolute atomic E-state index is 12.6. The molecule has 3 aromatic rings. The standard InChI is InChI=1S/C22H24N2O2/c25-22-19(16-24-14-6-7-15-24)21(18-10-4-5-11-20(18)26-22)23-13-12-17-8-2-1-3-9-17/h1-5,8-11,23H,6-7,12-16H2. The van der Waals surface area contributed by atoms with Crippen LogP contribution in [0.15, 0.2) is 63.8 Å². The predicted octanol–water partition coefficient (Wildman–Crippen LogP) is 4.04. The van der Waals surface area contributed by atoms with E-state index in [1.807, 2.05) is 30.3 Å². The fraction of sp³-hybridized carbons (Fsp3) is 0.318. The largest absolute Gasteiger partial charge is 0.422 e. The summed E-state index contributed by atoms with van der Waals surface area (Å²) in [4.78, 5) is 15.0. The second-order valence-corrected chi connectivity index (χ2v) is 6.88. The Labute approximate surface area is 153 Å². The van der Waals surface area contributed by atoms with Crippen molar-refractivity contribution >= 4 is 16.7 Å². The van der Waals surface area contributed by atoms with Crippen molar-refractivity contribution in [3.63, 3.8) is 0 Å². The number of likely N-dealkylation sites (tertiary alicyclic amines) is 1. The van der Waals surface area contributed by atoms with Crippen LogP contribution in [0.3, 0.4) is 0 Å². The lowest BCUT2D eigenvalue weighted by Gasteiger charge is -2.18. The smallest absolute Gasteiger partial charge is 0.342 e. The van der Waals surface area contributed by atoms with Crippen LogP contribution in [0.5, 0.6) is 0 Å². The van der Waals surface area contributed by atoms with E-state index in [0.29, 0.717) is 12.1 Å². The van der Waals surface area contributed by atoms with Crippen LogP contribution in [-0.4, -0.2) is 24.5 Å². The minimum Gasteiger partial charge on any atom is -0.422 e. The van der Waals surface area contributed by atoms with Gasteiger partial charge in [-0.1, -0.05) is 42.5 Å². The summed E-state index contributed by atoms with van der Waals surface area (Å²) in [5, 5.41) is 4.51. The first-order valence-electron chi connectivity index (χ1n) is 9.36. The van der Waals surface area contributed by atoms with Crippen LogP contribution in [0.1, 0.15) is 24.0 Å². The molecule has 1 fully saturated rings. The number of para-hydroxylation sites is 1. The highest BCUT2D eigenvalue weighted by atomic mass is 16.4. The first-order valence-corrected chi connectivity index (χ1v) is 9.36. The number of hydrogen-bond donors (Lipinski definition) is 1. The van der Waals surface area contributed by atoms with Crippen molar-refractivity contribution in [3.05, 3.63) is 76.1 Å². The lowest BCUT2D eigenvalue weighted by Crippen LogP contribution is -2.24. The van der Waals surface area contributed by atoms with Crippen molar-refractivity contribution in [3.8, 4) is 0 Å². The molecule has 1 aliphatic rings. The molecule has 1 N–H and O–H groups in total. The van der Waals surface area contributed by atoms with E-state index in [4.69, 9.17) is 4.42 Å². The summed E-state index contributed by atoms with van der Waals surface area (Å²) in [6, 6.07) is 18.2. The Balaban J connectivity index is 1.63. The molecule has 1 saturated heterocycles. The molecule has 26 heavy (non-hydrogen) atoms. The molecule has 2 heterocycles. The van der Waals surface area contributed by atoms with E-state index < -0.39 is 0 Å². The number of rotatable bonds is 6. The van der Waals surface area contributed by atoms with E-state index in [2.05, 4.69) is 34.5 Å². The van der Waals surface area contributed by atoms with Crippen LogP contribution in [0.4, 0.5) is 5.69 Å². The van der Waals surface area contributed by atoms with Crippen molar-refractivity contribution in [2.24, 2.45) is 0 Å². The second-order valence-electron chi connectivity index (χ2n) is 6.88. The Morgan fingerprint density at radius 3 is 2.50 bits per heavy atom. The monoisotopic (exact) mass is 348 g/mol. The summed E-state index contributed by atoms with van der Waals surface area (Å²) in [5.41, 5.74) is 3.38. The Kier molecular flexibility index (Phi) is 5.02. The number of anilines is 1. The van der Waals surface area contributed by atoms with Crippen LogP contribution in [0.2, 0.25) is 0 Å². The third-order valence-corrected chi connectivity index (χ3v) is 5.05. The molecule has 0 aliphatic carbocycles. The highest BCUT2D eigenvalue weighted by Gasteiger charge is 2.19. The Hall–Kier alpha value is -2.59. The van der Waals surface area contributed by atoms with Gasteiger partial charge in [0, 0.05) is 18.5 Å². The number of fused-ring (bicyclic) bond motifs is 1. The Morgan fingerprint density at radius 1 is 0.962 bits per heavy atom. The maximum Gasteiger partial charge on any atom is 0.342 e. The van der Waals surface area contributed by atoms with Crippen LogP contribution < -0.4 is 10.9 Å². The van der Waals surface area contributed by atoms with Gasteiger partial charge in [-0.3, -0.25) is 4.90 Å². The molecule has 4 heteroatoms. The summed E-state index contributed by atoms with van der Waals surface area (Å²) < 4.78 is 5.59. The summed E-state index contributed by atoms with van der Waals surface area (Å²) in [6.07, 6.45) is 3.32. The van der Waals surface area contributed by atoms with Crippen molar-refractivity contribution in [2.45, 2.75) is 25.8 Å². The van der Waals surface area contributed by atoms with Crippen LogP contribution in [-0.2, 0) is 13.0 Å². The molecule has 0 spiro atoms. The lowest BCUT2D eigenvalue weighted by atomic mass is 10.1. The van der Waals surface area contributed by atoms with Gasteiger partial charge in [0.05, 0.1) is 11.3 Å². The molecule has 2 aromatic carbocycles. The zero-order valence-electron chi connectivity index (χ0n) is 14.9. The minimum absolute atomic E-state index is 0.224. The number of nitrogens with zero attached hydrogens (tertiary/aromatic N) is 1. The van der Waals surface area contributed by atoms with Crippen LogP contribution >= 0.6 is 0 Å². The van der Waals surface area contributed by atoms with Gasteiger partial charge in [0.15, 0.2) is 0 Å². The fourth-order valence-corrected chi connectivity index (χ4v) is 3.67. The molecule has 0 atom stereocenters. The number of hydrogen-bond acceptors (Lipinski definition) is 4. The Bertz CT molecular complexity index is 928. The second kappa shape index (κ2) is 7.75. The average molecular weight is 348 g/mol. The van der Waals surface area contributed by atoms with Gasteiger partial charge in [-0.15, -0.1) is 0 Å². The molecule has 0 amide bonds. The molecule has 134 valence electrons. The normalized spacial score (nSPS) is 14.8. The molecule has 1 aliphatic heterocycles. The molecular weight excluding hydrogens is 324 g/mol. The van der Waals surface area contributed by atoms with Crippen molar-refractivity contribution in [1.82, 2.24) is 4.90 Å². The quantitative estimate of drug-likeness (QED) is 0.683. The molecule has 0 radical (unpaired) electrons. The first-order chi connectivity index (χ1) is 12.8. The molecular formula is C22H24N2O2. The van der Waals surface area contributed by atoms with Crippen molar-refractivity contribution in [2.75, 3.05) is 25.0 Å². The minimum atomic E-state index is -0.224. The van der Waals surface area contributed by atoms with E-state index in [1.54, 1.807) is 0 Å². The van der Waals surface area contributed by atoms with E-state index >= 15 is 0 Å². The van der Waals surface area contributed by atoms with Crippen molar-refractivity contribution < 1.29 is 4.42 Å². The van der Waals surface area contributed by atoms with E-state index in [-0.39, 0.29) is 5.63 Å². The zero-order chi connectivity index (χ0) is 17.8. The summed E-state index contributed by atoms with van der Waals surface area (Å²) in [7, 11) is 0. The highest BCUT2D eigenvalue weighted by Crippen LogP contribution is 2.27. The van der Waals surface area contributed by atoms with Gasteiger partial charge < -0.3 is 9.73 Å². The molecule has 0 saturated carbocycles. The topological polar surface area (TPSA) is 45.5 Å². The number of benzene rings is 2. The predicted molar refractivity (Wildman–Crippen MR) is 106 cm³/mol. The average Bonchev–Trinajstić information content (AvgIpc) is 3.18. The van der Waals surface area contributed by atoms with Crippen molar-refractivity contribution in [1.29, 1.82) is 0 Å². The van der Waals surface area contributed by atoms with Gasteiger partial charge in [0.2, 0.25) is 0 Å². The van der Waals surface area contributed by atoms with E-state index in [0.717, 1.165) is 42.7 Å². The SMILES string of the molecule is O=c1oc2ccccc2c(NCCc2ccccc2)c1CN1CCCC1. The van der Waals surface area contributed by atoms with Gasteiger partial charge in [-0.2, -0.15) is 0 Å². The number of nitrogens with one attached hydrogen (secondary N) is 1.